The Balaban J connectivity index is 2.66. The zero-order chi connectivity index (χ0) is 14.0. The fourth-order valence-electron chi connectivity index (χ4n) is 1.78. The van der Waals surface area contributed by atoms with E-state index in [0.717, 1.165) is 14.7 Å². The summed E-state index contributed by atoms with van der Waals surface area (Å²) in [6, 6.07) is 10.3. The van der Waals surface area contributed by atoms with E-state index in [0.29, 0.717) is 17.1 Å². The van der Waals surface area contributed by atoms with E-state index in [1.54, 1.807) is 36.4 Å². The molecule has 2 N–H and O–H groups in total. The quantitative estimate of drug-likeness (QED) is 0.491. The van der Waals surface area contributed by atoms with E-state index >= 15 is 0 Å². The van der Waals surface area contributed by atoms with E-state index in [1.165, 1.54) is 0 Å². The highest BCUT2D eigenvalue weighted by atomic mass is 127. The number of hydrogen-bond acceptors (Lipinski definition) is 3. The smallest absolute Gasteiger partial charge is 0.278 e. The predicted molar refractivity (Wildman–Crippen MR) is 84.2 cm³/mol. The zero-order valence-corrected chi connectivity index (χ0v) is 12.7. The minimum absolute atomic E-state index is 0.0731. The second-order valence-corrected chi connectivity index (χ2v) is 5.53. The van der Waals surface area contributed by atoms with Gasteiger partial charge in [0.05, 0.1) is 10.5 Å². The normalized spacial score (nSPS) is 10.5. The molecule has 2 aromatic rings. The van der Waals surface area contributed by atoms with Gasteiger partial charge in [-0.2, -0.15) is 0 Å². The Morgan fingerprint density at radius 2 is 1.89 bits per heavy atom. The summed E-state index contributed by atoms with van der Waals surface area (Å²) in [5.41, 5.74) is 7.92. The molecule has 0 aliphatic heterocycles. The van der Waals surface area contributed by atoms with Crippen molar-refractivity contribution in [3.05, 3.63) is 60.7 Å². The largest absolute Gasteiger partial charge is 0.326 e. The number of nitrogens with two attached hydrogens (primary N) is 1. The molecule has 0 atom stereocenters. The molecular weight excluding hydrogens is 379 g/mol. The van der Waals surface area contributed by atoms with Gasteiger partial charge in [-0.05, 0) is 51.9 Å². The number of benzene rings is 2. The first-order valence-electron chi connectivity index (χ1n) is 5.45. The van der Waals surface area contributed by atoms with E-state index in [-0.39, 0.29) is 10.6 Å². The van der Waals surface area contributed by atoms with Crippen LogP contribution in [0.15, 0.2) is 36.4 Å². The Labute approximate surface area is 128 Å². The Morgan fingerprint density at radius 3 is 2.42 bits per heavy atom. The maximum atomic E-state index is 11.2. The van der Waals surface area contributed by atoms with Gasteiger partial charge in [-0.15, -0.1) is 0 Å². The van der Waals surface area contributed by atoms with Gasteiger partial charge >= 0.3 is 0 Å². The summed E-state index contributed by atoms with van der Waals surface area (Å²) in [7, 11) is 0. The average Bonchev–Trinajstić information content (AvgIpc) is 2.39. The van der Waals surface area contributed by atoms with Gasteiger partial charge in [-0.25, -0.2) is 0 Å². The summed E-state index contributed by atoms with van der Waals surface area (Å²) in [4.78, 5) is 10.8. The number of nitrogens with zero attached hydrogens (tertiary/aromatic N) is 1. The number of nitro benzene ring substituents is 1. The van der Waals surface area contributed by atoms with Crippen LogP contribution >= 0.6 is 34.2 Å². The van der Waals surface area contributed by atoms with E-state index in [9.17, 15) is 10.1 Å². The maximum Gasteiger partial charge on any atom is 0.278 e. The first kappa shape index (κ1) is 14.2. The molecule has 0 unspecified atom stereocenters. The van der Waals surface area contributed by atoms with Crippen LogP contribution < -0.4 is 5.73 Å². The second kappa shape index (κ2) is 5.85. The Bertz CT molecular complexity index is 629. The third-order valence-corrected chi connectivity index (χ3v) is 3.99. The molecule has 0 heterocycles. The van der Waals surface area contributed by atoms with E-state index < -0.39 is 0 Å². The molecule has 0 spiro atoms. The standard InChI is InChI=1S/C13H10ClIN2O2/c14-10-3-1-8(2-4-10)11-5-9(7-16)12(15)6-13(11)17(18)19/h1-6H,7,16H2. The third kappa shape index (κ3) is 3.05. The van der Waals surface area contributed by atoms with Gasteiger partial charge in [0.15, 0.2) is 0 Å². The van der Waals surface area contributed by atoms with Crippen molar-refractivity contribution in [1.29, 1.82) is 0 Å². The highest BCUT2D eigenvalue weighted by Crippen LogP contribution is 2.33. The molecule has 2 aromatic carbocycles. The summed E-state index contributed by atoms with van der Waals surface area (Å²) in [5, 5.41) is 11.8. The topological polar surface area (TPSA) is 69.2 Å². The van der Waals surface area contributed by atoms with Crippen LogP contribution in [0, 0.1) is 13.7 Å². The van der Waals surface area contributed by atoms with Gasteiger partial charge in [0, 0.05) is 21.2 Å². The van der Waals surface area contributed by atoms with Gasteiger partial charge in [0.2, 0.25) is 0 Å². The van der Waals surface area contributed by atoms with Gasteiger partial charge in [0.25, 0.3) is 5.69 Å². The Kier molecular flexibility index (Phi) is 4.38. The highest BCUT2D eigenvalue weighted by Gasteiger charge is 2.18. The van der Waals surface area contributed by atoms with Crippen LogP contribution in [0.5, 0.6) is 0 Å². The van der Waals surface area contributed by atoms with E-state index in [2.05, 4.69) is 22.6 Å². The summed E-state index contributed by atoms with van der Waals surface area (Å²) >= 11 is 7.89. The Hall–Kier alpha value is -1.18. The molecule has 0 radical (unpaired) electrons. The summed E-state index contributed by atoms with van der Waals surface area (Å²) in [6.07, 6.45) is 0. The zero-order valence-electron chi connectivity index (χ0n) is 9.77. The summed E-state index contributed by atoms with van der Waals surface area (Å²) in [6.45, 7) is 0.344. The molecule has 0 aliphatic carbocycles. The Morgan fingerprint density at radius 1 is 1.26 bits per heavy atom. The van der Waals surface area contributed by atoms with Crippen molar-refractivity contribution in [2.24, 2.45) is 5.73 Å². The lowest BCUT2D eigenvalue weighted by molar-refractivity contribution is -0.384. The van der Waals surface area contributed by atoms with E-state index in [4.69, 9.17) is 17.3 Å². The minimum atomic E-state index is -0.383. The van der Waals surface area contributed by atoms with Crippen LogP contribution in [0.1, 0.15) is 5.56 Å². The monoisotopic (exact) mass is 388 g/mol. The van der Waals surface area contributed by atoms with Crippen LogP contribution in [0.2, 0.25) is 5.02 Å². The first-order chi connectivity index (χ1) is 9.02. The molecule has 4 nitrogen and oxygen atoms in total. The number of rotatable bonds is 3. The van der Waals surface area contributed by atoms with Crippen LogP contribution in [-0.4, -0.2) is 4.92 Å². The molecule has 98 valence electrons. The molecule has 0 bridgehead atoms. The fourth-order valence-corrected chi connectivity index (χ4v) is 2.57. The van der Waals surface area contributed by atoms with Crippen molar-refractivity contribution >= 4 is 39.9 Å². The number of nitro groups is 1. The van der Waals surface area contributed by atoms with Gasteiger partial charge < -0.3 is 5.73 Å². The van der Waals surface area contributed by atoms with Crippen LogP contribution in [0.3, 0.4) is 0 Å². The lowest BCUT2D eigenvalue weighted by atomic mass is 10.0. The van der Waals surface area contributed by atoms with Crippen molar-refractivity contribution in [2.75, 3.05) is 0 Å². The predicted octanol–water partition coefficient (Wildman–Crippen LogP) is 3.98. The molecule has 6 heteroatoms. The van der Waals surface area contributed by atoms with E-state index in [1.807, 2.05) is 0 Å². The van der Waals surface area contributed by atoms with Gasteiger partial charge in [0.1, 0.15) is 0 Å². The average molecular weight is 389 g/mol. The third-order valence-electron chi connectivity index (χ3n) is 2.74. The molecule has 2 rings (SSSR count). The van der Waals surface area contributed by atoms with Crippen molar-refractivity contribution in [1.82, 2.24) is 0 Å². The maximum absolute atomic E-state index is 11.2. The fraction of sp³-hybridized carbons (Fsp3) is 0.0769. The number of hydrogen-bond donors (Lipinski definition) is 1. The lowest BCUT2D eigenvalue weighted by Crippen LogP contribution is -2.02. The van der Waals surface area contributed by atoms with Crippen LogP contribution in [-0.2, 0) is 6.54 Å². The highest BCUT2D eigenvalue weighted by molar-refractivity contribution is 14.1. The molecule has 0 fully saturated rings. The lowest BCUT2D eigenvalue weighted by Gasteiger charge is -2.08. The summed E-state index contributed by atoms with van der Waals surface area (Å²) in [5.74, 6) is 0. The molecule has 0 amide bonds. The van der Waals surface area contributed by atoms with Crippen molar-refractivity contribution in [3.63, 3.8) is 0 Å². The van der Waals surface area contributed by atoms with Crippen molar-refractivity contribution in [2.45, 2.75) is 6.54 Å². The van der Waals surface area contributed by atoms with Gasteiger partial charge in [-0.3, -0.25) is 10.1 Å². The SMILES string of the molecule is NCc1cc(-c2ccc(Cl)cc2)c([N+](=O)[O-])cc1I. The second-order valence-electron chi connectivity index (χ2n) is 3.93. The van der Waals surface area contributed by atoms with Crippen LogP contribution in [0.4, 0.5) is 5.69 Å². The molecule has 0 saturated heterocycles. The van der Waals surface area contributed by atoms with Crippen molar-refractivity contribution in [3.8, 4) is 11.1 Å². The molecule has 0 aliphatic rings. The molecule has 0 aromatic heterocycles. The first-order valence-corrected chi connectivity index (χ1v) is 6.91. The summed E-state index contributed by atoms with van der Waals surface area (Å²) < 4.78 is 0.796. The minimum Gasteiger partial charge on any atom is -0.326 e. The van der Waals surface area contributed by atoms with Gasteiger partial charge in [-0.1, -0.05) is 23.7 Å². The molecular formula is C13H10ClIN2O2. The molecule has 0 saturated carbocycles. The number of halogens is 2. The molecule has 19 heavy (non-hydrogen) atoms. The van der Waals surface area contributed by atoms with Crippen LogP contribution in [0.25, 0.3) is 11.1 Å². The van der Waals surface area contributed by atoms with Crippen molar-refractivity contribution < 1.29 is 4.92 Å².